The van der Waals surface area contributed by atoms with Crippen LogP contribution in [0.1, 0.15) is 25.1 Å². The van der Waals surface area contributed by atoms with Crippen molar-refractivity contribution in [3.63, 3.8) is 0 Å². The van der Waals surface area contributed by atoms with Crippen LogP contribution in [0.5, 0.6) is 5.75 Å². The molecule has 1 heterocycles. The van der Waals surface area contributed by atoms with Gasteiger partial charge < -0.3 is 20.4 Å². The van der Waals surface area contributed by atoms with Crippen molar-refractivity contribution in [2.75, 3.05) is 7.11 Å². The first kappa shape index (κ1) is 13.8. The first-order chi connectivity index (χ1) is 10.1. The number of hydrogen-bond donors (Lipinski definition) is 3. The van der Waals surface area contributed by atoms with Crippen molar-refractivity contribution >= 4 is 16.9 Å². The highest BCUT2D eigenvalue weighted by molar-refractivity contribution is 5.87. The van der Waals surface area contributed by atoms with Crippen molar-refractivity contribution in [3.8, 4) is 5.75 Å². The Morgan fingerprint density at radius 2 is 2.19 bits per heavy atom. The van der Waals surface area contributed by atoms with Crippen molar-refractivity contribution < 1.29 is 9.53 Å². The fourth-order valence-corrected chi connectivity index (χ4v) is 2.97. The molecule has 0 fully saturated rings. The highest BCUT2D eigenvalue weighted by Crippen LogP contribution is 2.32. The van der Waals surface area contributed by atoms with E-state index < -0.39 is 0 Å². The van der Waals surface area contributed by atoms with Crippen molar-refractivity contribution in [1.82, 2.24) is 15.6 Å². The lowest BCUT2D eigenvalue weighted by molar-refractivity contribution is 0.235. The Labute approximate surface area is 124 Å². The zero-order chi connectivity index (χ0) is 15.0. The number of aromatic amines is 1. The summed E-state index contributed by atoms with van der Waals surface area (Å²) >= 11 is 0. The number of H-pyrrole nitrogens is 1. The van der Waals surface area contributed by atoms with Crippen LogP contribution in [0.15, 0.2) is 18.2 Å². The summed E-state index contributed by atoms with van der Waals surface area (Å²) in [6.45, 7) is 3.91. The molecule has 0 bridgehead atoms. The number of carbonyl (C=O) groups is 1. The lowest BCUT2D eigenvalue weighted by Gasteiger charge is -2.15. The van der Waals surface area contributed by atoms with Gasteiger partial charge in [0.05, 0.1) is 7.11 Å². The van der Waals surface area contributed by atoms with Gasteiger partial charge in [0.15, 0.2) is 0 Å². The number of hydrogen-bond acceptors (Lipinski definition) is 2. The van der Waals surface area contributed by atoms with Crippen LogP contribution < -0.4 is 15.4 Å². The topological polar surface area (TPSA) is 66.1 Å². The fourth-order valence-electron chi connectivity index (χ4n) is 2.97. The summed E-state index contributed by atoms with van der Waals surface area (Å²) in [5.74, 6) is 0.860. The van der Waals surface area contributed by atoms with E-state index in [1.807, 2.05) is 26.0 Å². The van der Waals surface area contributed by atoms with Gasteiger partial charge in [-0.1, -0.05) is 0 Å². The maximum absolute atomic E-state index is 11.8. The molecule has 0 radical (unpaired) electrons. The highest BCUT2D eigenvalue weighted by Gasteiger charge is 2.26. The monoisotopic (exact) mass is 287 g/mol. The van der Waals surface area contributed by atoms with Crippen LogP contribution in [0.2, 0.25) is 0 Å². The number of rotatable bonds is 3. The van der Waals surface area contributed by atoms with Gasteiger partial charge in [0.2, 0.25) is 0 Å². The van der Waals surface area contributed by atoms with Crippen LogP contribution in [-0.2, 0) is 12.8 Å². The molecule has 112 valence electrons. The molecule has 3 N–H and O–H groups in total. The summed E-state index contributed by atoms with van der Waals surface area (Å²) in [4.78, 5) is 15.2. The Morgan fingerprint density at radius 1 is 1.38 bits per heavy atom. The summed E-state index contributed by atoms with van der Waals surface area (Å²) in [7, 11) is 1.68. The first-order valence-corrected chi connectivity index (χ1v) is 7.31. The van der Waals surface area contributed by atoms with Crippen molar-refractivity contribution in [1.29, 1.82) is 0 Å². The van der Waals surface area contributed by atoms with Crippen molar-refractivity contribution in [3.05, 3.63) is 29.5 Å². The first-order valence-electron chi connectivity index (χ1n) is 7.31. The van der Waals surface area contributed by atoms with Crippen LogP contribution in [-0.4, -0.2) is 30.2 Å². The molecule has 0 spiro atoms. The van der Waals surface area contributed by atoms with Crippen LogP contribution in [0, 0.1) is 0 Å². The fraction of sp³-hybridized carbons (Fsp3) is 0.438. The highest BCUT2D eigenvalue weighted by atomic mass is 16.5. The number of benzene rings is 1. The normalized spacial score (nSPS) is 17.0. The smallest absolute Gasteiger partial charge is 0.315 e. The molecular formula is C16H21N3O2. The summed E-state index contributed by atoms with van der Waals surface area (Å²) < 4.78 is 5.29. The second-order valence-electron chi connectivity index (χ2n) is 5.87. The zero-order valence-corrected chi connectivity index (χ0v) is 12.6. The Kier molecular flexibility index (Phi) is 3.49. The minimum atomic E-state index is -0.0953. The van der Waals surface area contributed by atoms with E-state index in [1.54, 1.807) is 7.11 Å². The number of aromatic nitrogens is 1. The molecule has 2 aromatic rings. The molecule has 0 aliphatic heterocycles. The molecular weight excluding hydrogens is 266 g/mol. The number of urea groups is 1. The van der Waals surface area contributed by atoms with Gasteiger partial charge in [-0.3, -0.25) is 0 Å². The van der Waals surface area contributed by atoms with Gasteiger partial charge in [0, 0.05) is 35.1 Å². The van der Waals surface area contributed by atoms with E-state index in [9.17, 15) is 4.79 Å². The van der Waals surface area contributed by atoms with E-state index in [-0.39, 0.29) is 18.1 Å². The molecule has 1 aliphatic carbocycles. The lowest BCUT2D eigenvalue weighted by atomic mass is 10.1. The second kappa shape index (κ2) is 5.31. The third-order valence-corrected chi connectivity index (χ3v) is 3.86. The molecule has 1 atom stereocenters. The molecule has 0 saturated carbocycles. The molecule has 5 heteroatoms. The van der Waals surface area contributed by atoms with Crippen molar-refractivity contribution in [2.45, 2.75) is 38.8 Å². The van der Waals surface area contributed by atoms with Crippen LogP contribution in [0.4, 0.5) is 4.79 Å². The van der Waals surface area contributed by atoms with Gasteiger partial charge in [-0.2, -0.15) is 0 Å². The molecule has 1 unspecified atom stereocenters. The van der Waals surface area contributed by atoms with Gasteiger partial charge in [-0.05, 0) is 44.0 Å². The second-order valence-corrected chi connectivity index (χ2v) is 5.87. The predicted molar refractivity (Wildman–Crippen MR) is 82.9 cm³/mol. The van der Waals surface area contributed by atoms with E-state index in [1.165, 1.54) is 16.6 Å². The summed E-state index contributed by atoms with van der Waals surface area (Å²) in [5.41, 5.74) is 3.64. The van der Waals surface area contributed by atoms with Gasteiger partial charge in [0.25, 0.3) is 0 Å². The SMILES string of the molecule is COc1ccc2[nH]c3c(c2c1)CC(NC(=O)NC(C)C)C3. The number of nitrogens with one attached hydrogen (secondary N) is 3. The number of ether oxygens (including phenoxy) is 1. The molecule has 3 rings (SSSR count). The quantitative estimate of drug-likeness (QED) is 0.811. The molecule has 1 aliphatic rings. The number of fused-ring (bicyclic) bond motifs is 3. The number of amides is 2. The molecule has 21 heavy (non-hydrogen) atoms. The third kappa shape index (κ3) is 2.68. The Balaban J connectivity index is 1.77. The molecule has 0 saturated heterocycles. The van der Waals surface area contributed by atoms with Crippen molar-refractivity contribution in [2.24, 2.45) is 0 Å². The zero-order valence-electron chi connectivity index (χ0n) is 12.6. The average Bonchev–Trinajstić information content (AvgIpc) is 2.94. The predicted octanol–water partition coefficient (Wildman–Crippen LogP) is 2.35. The maximum Gasteiger partial charge on any atom is 0.315 e. The van der Waals surface area contributed by atoms with Gasteiger partial charge in [-0.15, -0.1) is 0 Å². The lowest BCUT2D eigenvalue weighted by Crippen LogP contribution is -2.45. The number of carbonyl (C=O) groups excluding carboxylic acids is 1. The Hall–Kier alpha value is -2.17. The van der Waals surface area contributed by atoms with Crippen LogP contribution in [0.3, 0.4) is 0 Å². The van der Waals surface area contributed by atoms with E-state index in [0.29, 0.717) is 0 Å². The Morgan fingerprint density at radius 3 is 2.90 bits per heavy atom. The maximum atomic E-state index is 11.8. The largest absolute Gasteiger partial charge is 0.497 e. The van der Waals surface area contributed by atoms with Gasteiger partial charge >= 0.3 is 6.03 Å². The average molecular weight is 287 g/mol. The van der Waals surface area contributed by atoms with E-state index >= 15 is 0 Å². The minimum absolute atomic E-state index is 0.0953. The van der Waals surface area contributed by atoms with Gasteiger partial charge in [-0.25, -0.2) is 4.79 Å². The Bertz CT molecular complexity index is 675. The van der Waals surface area contributed by atoms with E-state index in [4.69, 9.17) is 4.74 Å². The van der Waals surface area contributed by atoms with Crippen LogP contribution in [0.25, 0.3) is 10.9 Å². The van der Waals surface area contributed by atoms with Gasteiger partial charge in [0.1, 0.15) is 5.75 Å². The summed E-state index contributed by atoms with van der Waals surface area (Å²) in [6, 6.07) is 6.26. The molecule has 2 amide bonds. The molecule has 1 aromatic heterocycles. The number of methoxy groups -OCH3 is 1. The summed E-state index contributed by atoms with van der Waals surface area (Å²) in [5, 5.41) is 7.09. The third-order valence-electron chi connectivity index (χ3n) is 3.86. The summed E-state index contributed by atoms with van der Waals surface area (Å²) in [6.07, 6.45) is 1.70. The standard InChI is InChI=1S/C16H21N3O2/c1-9(2)17-16(20)18-10-6-12-13-8-11(21-3)4-5-14(13)19-15(12)7-10/h4-5,8-10,19H,6-7H2,1-3H3,(H2,17,18,20). The van der Waals surface area contributed by atoms with E-state index in [2.05, 4.69) is 21.7 Å². The van der Waals surface area contributed by atoms with Crippen LogP contribution >= 0.6 is 0 Å². The molecule has 1 aromatic carbocycles. The molecule has 5 nitrogen and oxygen atoms in total. The minimum Gasteiger partial charge on any atom is -0.497 e. The van der Waals surface area contributed by atoms with E-state index in [0.717, 1.165) is 24.1 Å².